The molecule has 0 spiro atoms. The molecule has 0 aromatic heterocycles. The number of aromatic hydroxyl groups is 2. The molecular formula is C14H12N2O4. The van der Waals surface area contributed by atoms with Crippen LogP contribution in [0.25, 0.3) is 0 Å². The third-order valence-corrected chi connectivity index (χ3v) is 2.54. The third-order valence-electron chi connectivity index (χ3n) is 2.54. The van der Waals surface area contributed by atoms with Gasteiger partial charge in [0.15, 0.2) is 0 Å². The lowest BCUT2D eigenvalue weighted by Gasteiger charge is -2.02. The molecule has 4 N–H and O–H groups in total. The number of nitrogens with one attached hydrogen (secondary N) is 1. The van der Waals surface area contributed by atoms with E-state index in [2.05, 4.69) is 10.5 Å². The van der Waals surface area contributed by atoms with Crippen molar-refractivity contribution in [1.82, 2.24) is 0 Å². The predicted octanol–water partition coefficient (Wildman–Crippen LogP) is 2.24. The van der Waals surface area contributed by atoms with Gasteiger partial charge in [0, 0.05) is 11.6 Å². The van der Waals surface area contributed by atoms with Crippen molar-refractivity contribution < 1.29 is 20.1 Å². The van der Waals surface area contributed by atoms with Crippen molar-refractivity contribution in [3.63, 3.8) is 0 Å². The van der Waals surface area contributed by atoms with E-state index in [1.165, 1.54) is 36.5 Å². The van der Waals surface area contributed by atoms with Gasteiger partial charge in [0.25, 0.3) is 0 Å². The van der Waals surface area contributed by atoms with E-state index in [1.54, 1.807) is 12.1 Å². The van der Waals surface area contributed by atoms with E-state index in [1.807, 2.05) is 0 Å². The maximum absolute atomic E-state index is 10.7. The second-order valence-electron chi connectivity index (χ2n) is 4.00. The maximum Gasteiger partial charge on any atom is 0.335 e. The Morgan fingerprint density at radius 1 is 1.10 bits per heavy atom. The minimum absolute atomic E-state index is 0.0307. The van der Waals surface area contributed by atoms with Gasteiger partial charge in [-0.2, -0.15) is 5.10 Å². The molecule has 0 amide bonds. The van der Waals surface area contributed by atoms with Gasteiger partial charge in [0.05, 0.1) is 17.5 Å². The summed E-state index contributed by atoms with van der Waals surface area (Å²) >= 11 is 0. The number of benzene rings is 2. The average Bonchev–Trinajstić information content (AvgIpc) is 2.42. The van der Waals surface area contributed by atoms with E-state index in [-0.39, 0.29) is 17.1 Å². The number of carboxylic acid groups (broad SMARTS) is 1. The number of phenols is 2. The number of carboxylic acids is 1. The predicted molar refractivity (Wildman–Crippen MR) is 74.4 cm³/mol. The summed E-state index contributed by atoms with van der Waals surface area (Å²) in [6, 6.07) is 10.2. The Labute approximate surface area is 114 Å². The van der Waals surface area contributed by atoms with Crippen LogP contribution in [0.5, 0.6) is 11.5 Å². The van der Waals surface area contributed by atoms with Crippen molar-refractivity contribution in [1.29, 1.82) is 0 Å². The fraction of sp³-hybridized carbons (Fsp3) is 0. The van der Waals surface area contributed by atoms with Crippen LogP contribution in [-0.4, -0.2) is 27.5 Å². The summed E-state index contributed by atoms with van der Waals surface area (Å²) in [5.74, 6) is -1.11. The van der Waals surface area contributed by atoms with E-state index in [0.29, 0.717) is 11.3 Å². The molecule has 0 saturated carbocycles. The summed E-state index contributed by atoms with van der Waals surface area (Å²) in [4.78, 5) is 10.7. The van der Waals surface area contributed by atoms with Crippen LogP contribution in [0.15, 0.2) is 47.6 Å². The Bertz CT molecular complexity index is 651. The van der Waals surface area contributed by atoms with E-state index in [4.69, 9.17) is 10.2 Å². The third kappa shape index (κ3) is 3.26. The summed E-state index contributed by atoms with van der Waals surface area (Å²) in [6.45, 7) is 0. The van der Waals surface area contributed by atoms with E-state index in [0.717, 1.165) is 0 Å². The fourth-order valence-corrected chi connectivity index (χ4v) is 1.50. The summed E-state index contributed by atoms with van der Waals surface area (Å²) in [6.07, 6.45) is 1.39. The van der Waals surface area contributed by atoms with Gasteiger partial charge < -0.3 is 15.3 Å². The summed E-state index contributed by atoms with van der Waals surface area (Å²) < 4.78 is 0. The zero-order chi connectivity index (χ0) is 14.5. The number of anilines is 1. The Morgan fingerprint density at radius 2 is 1.80 bits per heavy atom. The molecule has 0 unspecified atom stereocenters. The zero-order valence-electron chi connectivity index (χ0n) is 10.3. The monoisotopic (exact) mass is 272 g/mol. The van der Waals surface area contributed by atoms with Gasteiger partial charge in [-0.1, -0.05) is 0 Å². The summed E-state index contributed by atoms with van der Waals surface area (Å²) in [5, 5.41) is 31.4. The van der Waals surface area contributed by atoms with E-state index < -0.39 is 5.97 Å². The Morgan fingerprint density at radius 3 is 2.40 bits per heavy atom. The summed E-state index contributed by atoms with van der Waals surface area (Å²) in [5.41, 5.74) is 3.95. The minimum Gasteiger partial charge on any atom is -0.508 e. The molecule has 6 heteroatoms. The van der Waals surface area contributed by atoms with Crippen LogP contribution in [0.2, 0.25) is 0 Å². The largest absolute Gasteiger partial charge is 0.508 e. The molecule has 102 valence electrons. The van der Waals surface area contributed by atoms with Gasteiger partial charge in [0.1, 0.15) is 11.5 Å². The molecular weight excluding hydrogens is 260 g/mol. The van der Waals surface area contributed by atoms with Crippen LogP contribution in [0.4, 0.5) is 5.69 Å². The molecule has 2 rings (SSSR count). The van der Waals surface area contributed by atoms with Gasteiger partial charge in [0.2, 0.25) is 0 Å². The average molecular weight is 272 g/mol. The Hall–Kier alpha value is -3.02. The highest BCUT2D eigenvalue weighted by atomic mass is 16.4. The lowest BCUT2D eigenvalue weighted by Crippen LogP contribution is -1.96. The molecule has 0 aliphatic rings. The number of carbonyl (C=O) groups is 1. The highest BCUT2D eigenvalue weighted by molar-refractivity contribution is 5.88. The standard InChI is InChI=1S/C14H12N2O4/c17-12-6-3-10(13(18)7-12)8-15-16-11-4-1-9(2-5-11)14(19)20/h1-8,16-18H,(H,19,20). The van der Waals surface area contributed by atoms with Crippen molar-refractivity contribution in [2.75, 3.05) is 5.43 Å². The normalized spacial score (nSPS) is 10.6. The molecule has 2 aromatic rings. The number of rotatable bonds is 4. The number of aromatic carboxylic acids is 1. The van der Waals surface area contributed by atoms with Crippen molar-refractivity contribution in [3.05, 3.63) is 53.6 Å². The minimum atomic E-state index is -0.992. The molecule has 0 fully saturated rings. The molecule has 0 aliphatic heterocycles. The lowest BCUT2D eigenvalue weighted by atomic mass is 10.2. The maximum atomic E-state index is 10.7. The van der Waals surface area contributed by atoms with Crippen LogP contribution in [0.1, 0.15) is 15.9 Å². The smallest absolute Gasteiger partial charge is 0.335 e. The second-order valence-corrected chi connectivity index (χ2v) is 4.00. The first kappa shape index (κ1) is 13.4. The molecule has 0 heterocycles. The first-order valence-electron chi connectivity index (χ1n) is 5.70. The Balaban J connectivity index is 2.04. The van der Waals surface area contributed by atoms with Crippen LogP contribution >= 0.6 is 0 Å². The van der Waals surface area contributed by atoms with Crippen LogP contribution in [-0.2, 0) is 0 Å². The SMILES string of the molecule is O=C(O)c1ccc(NN=Cc2ccc(O)cc2O)cc1. The topological polar surface area (TPSA) is 102 Å². The van der Waals surface area contributed by atoms with Gasteiger partial charge in [-0.3, -0.25) is 5.43 Å². The molecule has 6 nitrogen and oxygen atoms in total. The van der Waals surface area contributed by atoms with Crippen molar-refractivity contribution in [2.24, 2.45) is 5.10 Å². The second kappa shape index (κ2) is 5.75. The van der Waals surface area contributed by atoms with Gasteiger partial charge in [-0.05, 0) is 36.4 Å². The number of hydrogen-bond donors (Lipinski definition) is 4. The van der Waals surface area contributed by atoms with Gasteiger partial charge in [-0.25, -0.2) is 4.79 Å². The molecule has 0 bridgehead atoms. The van der Waals surface area contributed by atoms with Crippen LogP contribution < -0.4 is 5.43 Å². The van der Waals surface area contributed by atoms with Crippen molar-refractivity contribution in [3.8, 4) is 11.5 Å². The molecule has 0 atom stereocenters. The highest BCUT2D eigenvalue weighted by Gasteiger charge is 2.01. The molecule has 2 aromatic carbocycles. The van der Waals surface area contributed by atoms with E-state index in [9.17, 15) is 9.90 Å². The number of hydrogen-bond acceptors (Lipinski definition) is 5. The van der Waals surface area contributed by atoms with Gasteiger partial charge in [-0.15, -0.1) is 0 Å². The highest BCUT2D eigenvalue weighted by Crippen LogP contribution is 2.20. The summed E-state index contributed by atoms with van der Waals surface area (Å²) in [7, 11) is 0. The number of hydrazone groups is 1. The zero-order valence-corrected chi connectivity index (χ0v) is 10.3. The number of nitrogens with zero attached hydrogens (tertiary/aromatic N) is 1. The van der Waals surface area contributed by atoms with Crippen molar-refractivity contribution >= 4 is 17.9 Å². The van der Waals surface area contributed by atoms with Crippen LogP contribution in [0, 0.1) is 0 Å². The van der Waals surface area contributed by atoms with Crippen molar-refractivity contribution in [2.45, 2.75) is 0 Å². The van der Waals surface area contributed by atoms with E-state index >= 15 is 0 Å². The lowest BCUT2D eigenvalue weighted by molar-refractivity contribution is 0.0697. The molecule has 0 aliphatic carbocycles. The van der Waals surface area contributed by atoms with Gasteiger partial charge >= 0.3 is 5.97 Å². The number of phenolic OH excluding ortho intramolecular Hbond substituents is 2. The van der Waals surface area contributed by atoms with Crippen LogP contribution in [0.3, 0.4) is 0 Å². The first-order chi connectivity index (χ1) is 9.56. The Kier molecular flexibility index (Phi) is 3.85. The fourth-order valence-electron chi connectivity index (χ4n) is 1.50. The quantitative estimate of drug-likeness (QED) is 0.505. The molecule has 0 saturated heterocycles. The molecule has 0 radical (unpaired) electrons. The molecule has 20 heavy (non-hydrogen) atoms. The first-order valence-corrected chi connectivity index (χ1v) is 5.70.